The van der Waals surface area contributed by atoms with Gasteiger partial charge in [0.2, 0.25) is 0 Å². The van der Waals surface area contributed by atoms with Crippen molar-refractivity contribution in [2.24, 2.45) is 5.92 Å². The van der Waals surface area contributed by atoms with Crippen molar-refractivity contribution in [2.75, 3.05) is 31.6 Å². The van der Waals surface area contributed by atoms with Crippen LogP contribution in [0.1, 0.15) is 28.8 Å². The summed E-state index contributed by atoms with van der Waals surface area (Å²) in [6.07, 6.45) is 3.21. The van der Waals surface area contributed by atoms with Crippen LogP contribution in [0.25, 0.3) is 0 Å². The summed E-state index contributed by atoms with van der Waals surface area (Å²) in [7, 11) is 2.11. The molecule has 1 aromatic rings. The zero-order valence-corrected chi connectivity index (χ0v) is 10.9. The summed E-state index contributed by atoms with van der Waals surface area (Å²) in [5.41, 5.74) is 3.51. The van der Waals surface area contributed by atoms with Gasteiger partial charge in [-0.1, -0.05) is 0 Å². The van der Waals surface area contributed by atoms with Gasteiger partial charge in [-0.05, 0) is 49.6 Å². The van der Waals surface area contributed by atoms with E-state index in [0.29, 0.717) is 5.78 Å². The number of carbonyl (C=O) groups is 1. The molecule has 3 heteroatoms. The maximum absolute atomic E-state index is 12.4. The number of rotatable bonds is 2. The molecule has 0 saturated carbocycles. The van der Waals surface area contributed by atoms with E-state index in [9.17, 15) is 4.79 Å². The van der Waals surface area contributed by atoms with Gasteiger partial charge in [-0.2, -0.15) is 0 Å². The molecule has 0 amide bonds. The third-order valence-corrected chi connectivity index (χ3v) is 4.16. The molecule has 1 N–H and O–H groups in total. The average Bonchev–Trinajstić information content (AvgIpc) is 2.80. The zero-order chi connectivity index (χ0) is 12.5. The van der Waals surface area contributed by atoms with Crippen molar-refractivity contribution >= 4 is 11.5 Å². The SMILES string of the molecule is CN1CCc2cc(C(=O)C3CCCNC3)ccc21. The van der Waals surface area contributed by atoms with E-state index in [2.05, 4.69) is 29.4 Å². The second-order valence-electron chi connectivity index (χ2n) is 5.42. The number of hydrogen-bond acceptors (Lipinski definition) is 3. The molecule has 2 heterocycles. The zero-order valence-electron chi connectivity index (χ0n) is 10.9. The first kappa shape index (κ1) is 11.7. The number of nitrogens with one attached hydrogen (secondary N) is 1. The van der Waals surface area contributed by atoms with E-state index in [1.807, 2.05) is 6.07 Å². The van der Waals surface area contributed by atoms with E-state index in [1.165, 1.54) is 11.3 Å². The van der Waals surface area contributed by atoms with Crippen molar-refractivity contribution in [1.82, 2.24) is 5.32 Å². The van der Waals surface area contributed by atoms with Gasteiger partial charge in [0, 0.05) is 37.3 Å². The Morgan fingerprint density at radius 2 is 2.33 bits per heavy atom. The fourth-order valence-corrected chi connectivity index (χ4v) is 3.03. The Morgan fingerprint density at radius 3 is 3.11 bits per heavy atom. The minimum atomic E-state index is 0.177. The van der Waals surface area contributed by atoms with E-state index < -0.39 is 0 Å². The van der Waals surface area contributed by atoms with E-state index >= 15 is 0 Å². The van der Waals surface area contributed by atoms with Crippen LogP contribution in [-0.4, -0.2) is 32.5 Å². The number of likely N-dealkylation sites (N-methyl/N-ethyl adjacent to an activating group) is 1. The van der Waals surface area contributed by atoms with Crippen molar-refractivity contribution in [1.29, 1.82) is 0 Å². The Balaban J connectivity index is 1.82. The molecule has 1 atom stereocenters. The standard InChI is InChI=1S/C15H20N2O/c1-17-8-6-11-9-12(4-5-14(11)17)15(18)13-3-2-7-16-10-13/h4-5,9,13,16H,2-3,6-8,10H2,1H3. The molecule has 96 valence electrons. The summed E-state index contributed by atoms with van der Waals surface area (Å²) in [6, 6.07) is 6.21. The number of fused-ring (bicyclic) bond motifs is 1. The Kier molecular flexibility index (Phi) is 3.08. The number of ketones is 1. The largest absolute Gasteiger partial charge is 0.374 e. The molecule has 1 fully saturated rings. The topological polar surface area (TPSA) is 32.3 Å². The summed E-state index contributed by atoms with van der Waals surface area (Å²) in [4.78, 5) is 14.7. The van der Waals surface area contributed by atoms with Crippen molar-refractivity contribution in [3.8, 4) is 0 Å². The minimum absolute atomic E-state index is 0.177. The Hall–Kier alpha value is -1.35. The summed E-state index contributed by atoms with van der Waals surface area (Å²) in [5.74, 6) is 0.496. The lowest BCUT2D eigenvalue weighted by molar-refractivity contribution is 0.0899. The van der Waals surface area contributed by atoms with Gasteiger partial charge in [0.15, 0.2) is 5.78 Å². The van der Waals surface area contributed by atoms with Crippen LogP contribution >= 0.6 is 0 Å². The predicted molar refractivity (Wildman–Crippen MR) is 73.3 cm³/mol. The highest BCUT2D eigenvalue weighted by molar-refractivity contribution is 5.98. The average molecular weight is 244 g/mol. The Labute approximate surface area is 108 Å². The van der Waals surface area contributed by atoms with Gasteiger partial charge in [0.05, 0.1) is 0 Å². The molecular formula is C15H20N2O. The number of hydrogen-bond donors (Lipinski definition) is 1. The van der Waals surface area contributed by atoms with Crippen LogP contribution in [0.2, 0.25) is 0 Å². The molecule has 3 rings (SSSR count). The van der Waals surface area contributed by atoms with Crippen LogP contribution in [0.15, 0.2) is 18.2 Å². The summed E-state index contributed by atoms with van der Waals surface area (Å²) >= 11 is 0. The first-order valence-electron chi connectivity index (χ1n) is 6.85. The van der Waals surface area contributed by atoms with Crippen LogP contribution in [0.3, 0.4) is 0 Å². The smallest absolute Gasteiger partial charge is 0.167 e. The normalized spacial score (nSPS) is 22.9. The third kappa shape index (κ3) is 2.03. The third-order valence-electron chi connectivity index (χ3n) is 4.16. The molecule has 2 aliphatic heterocycles. The highest BCUT2D eigenvalue weighted by Crippen LogP contribution is 2.28. The van der Waals surface area contributed by atoms with Crippen molar-refractivity contribution < 1.29 is 4.79 Å². The number of benzene rings is 1. The van der Waals surface area contributed by atoms with Gasteiger partial charge in [-0.15, -0.1) is 0 Å². The number of piperidine rings is 1. The number of carbonyl (C=O) groups excluding carboxylic acids is 1. The lowest BCUT2D eigenvalue weighted by Gasteiger charge is -2.21. The van der Waals surface area contributed by atoms with Gasteiger partial charge < -0.3 is 10.2 Å². The predicted octanol–water partition coefficient (Wildman–Crippen LogP) is 1.86. The molecule has 0 bridgehead atoms. The number of Topliss-reactive ketones (excluding diaryl/α,β-unsaturated/α-hetero) is 1. The summed E-state index contributed by atoms with van der Waals surface area (Å²) < 4.78 is 0. The highest BCUT2D eigenvalue weighted by atomic mass is 16.1. The monoisotopic (exact) mass is 244 g/mol. The molecule has 0 radical (unpaired) electrons. The molecule has 1 saturated heterocycles. The van der Waals surface area contributed by atoms with Gasteiger partial charge >= 0.3 is 0 Å². The van der Waals surface area contributed by atoms with Crippen molar-refractivity contribution in [2.45, 2.75) is 19.3 Å². The fourth-order valence-electron chi connectivity index (χ4n) is 3.03. The molecule has 2 aliphatic rings. The maximum atomic E-state index is 12.4. The lowest BCUT2D eigenvalue weighted by atomic mass is 9.90. The molecule has 18 heavy (non-hydrogen) atoms. The number of nitrogens with zero attached hydrogens (tertiary/aromatic N) is 1. The van der Waals surface area contributed by atoms with Crippen LogP contribution < -0.4 is 10.2 Å². The Bertz CT molecular complexity index is 464. The Morgan fingerprint density at radius 1 is 1.44 bits per heavy atom. The fraction of sp³-hybridized carbons (Fsp3) is 0.533. The van der Waals surface area contributed by atoms with Crippen molar-refractivity contribution in [3.05, 3.63) is 29.3 Å². The van der Waals surface area contributed by atoms with Crippen LogP contribution in [0.5, 0.6) is 0 Å². The second-order valence-corrected chi connectivity index (χ2v) is 5.42. The molecule has 0 spiro atoms. The minimum Gasteiger partial charge on any atom is -0.374 e. The lowest BCUT2D eigenvalue weighted by Crippen LogP contribution is -2.34. The van der Waals surface area contributed by atoms with Gasteiger partial charge in [-0.3, -0.25) is 4.79 Å². The van der Waals surface area contributed by atoms with Crippen LogP contribution in [0, 0.1) is 5.92 Å². The molecule has 0 aromatic heterocycles. The molecule has 1 unspecified atom stereocenters. The molecule has 3 nitrogen and oxygen atoms in total. The van der Waals surface area contributed by atoms with Gasteiger partial charge in [-0.25, -0.2) is 0 Å². The first-order chi connectivity index (χ1) is 8.75. The van der Waals surface area contributed by atoms with Gasteiger partial charge in [0.1, 0.15) is 0 Å². The van der Waals surface area contributed by atoms with Crippen molar-refractivity contribution in [3.63, 3.8) is 0 Å². The van der Waals surface area contributed by atoms with Gasteiger partial charge in [0.25, 0.3) is 0 Å². The summed E-state index contributed by atoms with van der Waals surface area (Å²) in [6.45, 7) is 2.96. The highest BCUT2D eigenvalue weighted by Gasteiger charge is 2.24. The van der Waals surface area contributed by atoms with Crippen LogP contribution in [0.4, 0.5) is 5.69 Å². The molecular weight excluding hydrogens is 224 g/mol. The van der Waals surface area contributed by atoms with E-state index in [4.69, 9.17) is 0 Å². The van der Waals surface area contributed by atoms with Crippen LogP contribution in [-0.2, 0) is 6.42 Å². The van der Waals surface area contributed by atoms with E-state index in [1.54, 1.807) is 0 Å². The quantitative estimate of drug-likeness (QED) is 0.806. The number of anilines is 1. The summed E-state index contributed by atoms with van der Waals surface area (Å²) in [5, 5.41) is 3.32. The molecule has 1 aromatic carbocycles. The maximum Gasteiger partial charge on any atom is 0.167 e. The van der Waals surface area contributed by atoms with E-state index in [0.717, 1.165) is 44.5 Å². The van der Waals surface area contributed by atoms with E-state index in [-0.39, 0.29) is 5.92 Å². The second kappa shape index (κ2) is 4.73. The first-order valence-corrected chi connectivity index (χ1v) is 6.85. The molecule has 0 aliphatic carbocycles.